The van der Waals surface area contributed by atoms with E-state index in [1.54, 1.807) is 4.90 Å². The normalized spacial score (nSPS) is 15.9. The van der Waals surface area contributed by atoms with Gasteiger partial charge in [0, 0.05) is 29.8 Å². The summed E-state index contributed by atoms with van der Waals surface area (Å²) in [6.45, 7) is 3.45. The topological polar surface area (TPSA) is 71.3 Å². The van der Waals surface area contributed by atoms with Crippen molar-refractivity contribution in [1.82, 2.24) is 15.0 Å². The monoisotopic (exact) mass is 402 g/mol. The molecule has 0 radical (unpaired) electrons. The SMILES string of the molecule is Cc1cc(NC(=O)N2Cc3c(noc3-c3ccc(F)cn3)C[C@H]2C)cc(F)c1F. The Morgan fingerprint density at radius 2 is 2.07 bits per heavy atom. The zero-order valence-electron chi connectivity index (χ0n) is 15.7. The quantitative estimate of drug-likeness (QED) is 0.688. The van der Waals surface area contributed by atoms with Crippen molar-refractivity contribution < 1.29 is 22.5 Å². The highest BCUT2D eigenvalue weighted by Crippen LogP contribution is 2.32. The van der Waals surface area contributed by atoms with Crippen LogP contribution >= 0.6 is 0 Å². The van der Waals surface area contributed by atoms with Crippen LogP contribution in [0.25, 0.3) is 11.5 Å². The molecule has 1 aromatic carbocycles. The lowest BCUT2D eigenvalue weighted by molar-refractivity contribution is 0.182. The molecule has 0 saturated heterocycles. The number of benzene rings is 1. The molecule has 29 heavy (non-hydrogen) atoms. The minimum absolute atomic E-state index is 0.0954. The molecule has 6 nitrogen and oxygen atoms in total. The van der Waals surface area contributed by atoms with E-state index in [9.17, 15) is 18.0 Å². The van der Waals surface area contributed by atoms with E-state index in [-0.39, 0.29) is 23.8 Å². The zero-order valence-corrected chi connectivity index (χ0v) is 15.7. The number of nitrogens with zero attached hydrogens (tertiary/aromatic N) is 3. The van der Waals surface area contributed by atoms with Gasteiger partial charge in [-0.25, -0.2) is 22.9 Å². The van der Waals surface area contributed by atoms with Crippen molar-refractivity contribution in [2.45, 2.75) is 32.9 Å². The van der Waals surface area contributed by atoms with Gasteiger partial charge in [0.25, 0.3) is 0 Å². The fraction of sp³-hybridized carbons (Fsp3) is 0.250. The summed E-state index contributed by atoms with van der Waals surface area (Å²) in [7, 11) is 0. The Morgan fingerprint density at radius 1 is 1.28 bits per heavy atom. The molecule has 0 unspecified atom stereocenters. The van der Waals surface area contributed by atoms with Gasteiger partial charge in [-0.05, 0) is 37.6 Å². The zero-order chi connectivity index (χ0) is 20.7. The third kappa shape index (κ3) is 3.55. The molecule has 1 aliphatic rings. The summed E-state index contributed by atoms with van der Waals surface area (Å²) in [5, 5.41) is 6.66. The predicted molar refractivity (Wildman–Crippen MR) is 98.5 cm³/mol. The molecule has 1 atom stereocenters. The Hall–Kier alpha value is -3.36. The van der Waals surface area contributed by atoms with Crippen LogP contribution < -0.4 is 5.32 Å². The Morgan fingerprint density at radius 3 is 2.76 bits per heavy atom. The molecule has 3 aromatic rings. The molecular weight excluding hydrogens is 385 g/mol. The average Bonchev–Trinajstić information content (AvgIpc) is 3.08. The number of hydrogen-bond donors (Lipinski definition) is 1. The first-order chi connectivity index (χ1) is 13.8. The number of amides is 2. The number of hydrogen-bond acceptors (Lipinski definition) is 4. The Bertz CT molecular complexity index is 1060. The fourth-order valence-corrected chi connectivity index (χ4v) is 3.36. The highest BCUT2D eigenvalue weighted by atomic mass is 19.2. The van der Waals surface area contributed by atoms with Gasteiger partial charge in [0.15, 0.2) is 17.4 Å². The Balaban J connectivity index is 1.59. The van der Waals surface area contributed by atoms with E-state index in [1.165, 1.54) is 25.1 Å². The number of carbonyl (C=O) groups excluding carboxylic acids is 1. The minimum Gasteiger partial charge on any atom is -0.354 e. The summed E-state index contributed by atoms with van der Waals surface area (Å²) in [6.07, 6.45) is 1.52. The highest BCUT2D eigenvalue weighted by Gasteiger charge is 2.32. The lowest BCUT2D eigenvalue weighted by atomic mass is 9.99. The number of aromatic nitrogens is 2. The highest BCUT2D eigenvalue weighted by molar-refractivity contribution is 5.90. The number of pyridine rings is 1. The summed E-state index contributed by atoms with van der Waals surface area (Å²) in [4.78, 5) is 18.3. The summed E-state index contributed by atoms with van der Waals surface area (Å²) in [5.74, 6) is -2.08. The van der Waals surface area contributed by atoms with E-state index in [0.29, 0.717) is 29.1 Å². The lowest BCUT2D eigenvalue weighted by Crippen LogP contribution is -2.44. The molecule has 2 aromatic heterocycles. The van der Waals surface area contributed by atoms with Crippen LogP contribution in [0.1, 0.15) is 23.7 Å². The number of anilines is 1. The van der Waals surface area contributed by atoms with Gasteiger partial charge >= 0.3 is 6.03 Å². The van der Waals surface area contributed by atoms with Gasteiger partial charge in [0.05, 0.1) is 18.4 Å². The van der Waals surface area contributed by atoms with E-state index >= 15 is 0 Å². The molecule has 2 amide bonds. The molecule has 9 heteroatoms. The molecule has 0 saturated carbocycles. The smallest absolute Gasteiger partial charge is 0.322 e. The molecule has 0 aliphatic carbocycles. The Kier molecular flexibility index (Phi) is 4.73. The first-order valence-corrected chi connectivity index (χ1v) is 8.96. The lowest BCUT2D eigenvalue weighted by Gasteiger charge is -2.32. The number of carbonyl (C=O) groups is 1. The number of aryl methyl sites for hydroxylation is 1. The second-order valence-corrected chi connectivity index (χ2v) is 7.00. The molecule has 0 spiro atoms. The van der Waals surface area contributed by atoms with Gasteiger partial charge in [0.1, 0.15) is 11.5 Å². The number of nitrogens with one attached hydrogen (secondary N) is 1. The van der Waals surface area contributed by atoms with Crippen LogP contribution in [-0.4, -0.2) is 27.1 Å². The third-order valence-electron chi connectivity index (χ3n) is 4.90. The van der Waals surface area contributed by atoms with Gasteiger partial charge in [-0.1, -0.05) is 5.16 Å². The molecule has 150 valence electrons. The summed E-state index contributed by atoms with van der Waals surface area (Å²) >= 11 is 0. The summed E-state index contributed by atoms with van der Waals surface area (Å²) in [5.41, 5.74) is 2.05. The van der Waals surface area contributed by atoms with Gasteiger partial charge in [-0.2, -0.15) is 0 Å². The first-order valence-electron chi connectivity index (χ1n) is 8.96. The van der Waals surface area contributed by atoms with Gasteiger partial charge in [-0.15, -0.1) is 0 Å². The van der Waals surface area contributed by atoms with Crippen molar-refractivity contribution in [3.8, 4) is 11.5 Å². The van der Waals surface area contributed by atoms with Crippen LogP contribution in [0.15, 0.2) is 35.0 Å². The van der Waals surface area contributed by atoms with Crippen LogP contribution in [0.3, 0.4) is 0 Å². The molecule has 0 bridgehead atoms. The van der Waals surface area contributed by atoms with Crippen molar-refractivity contribution in [3.63, 3.8) is 0 Å². The second kappa shape index (κ2) is 7.23. The maximum atomic E-state index is 13.6. The van der Waals surface area contributed by atoms with Crippen LogP contribution in [0.4, 0.5) is 23.7 Å². The number of urea groups is 1. The largest absolute Gasteiger partial charge is 0.354 e. The second-order valence-electron chi connectivity index (χ2n) is 7.00. The van der Waals surface area contributed by atoms with E-state index < -0.39 is 23.5 Å². The standard InChI is InChI=1S/C20H17F3N4O2/c1-10-5-13(7-15(22)18(10)23)25-20(28)27-9-14-17(6-11(27)2)26-29-19(14)16-4-3-12(21)8-24-16/h3-5,7-8,11H,6,9H2,1-2H3,(H,25,28)/t11-/m1/s1. The number of fused-ring (bicyclic) bond motifs is 1. The summed E-state index contributed by atoms with van der Waals surface area (Å²) < 4.78 is 45.7. The van der Waals surface area contributed by atoms with Crippen molar-refractivity contribution in [2.75, 3.05) is 5.32 Å². The number of rotatable bonds is 2. The van der Waals surface area contributed by atoms with E-state index in [1.807, 2.05) is 6.92 Å². The third-order valence-corrected chi connectivity index (χ3v) is 4.90. The van der Waals surface area contributed by atoms with E-state index in [2.05, 4.69) is 15.5 Å². The number of halogens is 3. The molecule has 0 fully saturated rings. The van der Waals surface area contributed by atoms with Crippen molar-refractivity contribution in [3.05, 3.63) is 64.7 Å². The van der Waals surface area contributed by atoms with Crippen molar-refractivity contribution >= 4 is 11.7 Å². The van der Waals surface area contributed by atoms with Crippen LogP contribution in [0, 0.1) is 24.4 Å². The molecular formula is C20H17F3N4O2. The average molecular weight is 402 g/mol. The van der Waals surface area contributed by atoms with Crippen molar-refractivity contribution in [1.29, 1.82) is 0 Å². The fourth-order valence-electron chi connectivity index (χ4n) is 3.36. The maximum Gasteiger partial charge on any atom is 0.322 e. The molecule has 4 rings (SSSR count). The summed E-state index contributed by atoms with van der Waals surface area (Å²) in [6, 6.07) is 4.37. The molecule has 1 N–H and O–H groups in total. The minimum atomic E-state index is -1.03. The van der Waals surface area contributed by atoms with Crippen LogP contribution in [-0.2, 0) is 13.0 Å². The van der Waals surface area contributed by atoms with E-state index in [4.69, 9.17) is 4.52 Å². The van der Waals surface area contributed by atoms with E-state index in [0.717, 1.165) is 12.3 Å². The predicted octanol–water partition coefficient (Wildman–Crippen LogP) is 4.44. The molecule has 1 aliphatic heterocycles. The van der Waals surface area contributed by atoms with Gasteiger partial charge in [0.2, 0.25) is 0 Å². The first kappa shape index (κ1) is 19.0. The maximum absolute atomic E-state index is 13.6. The molecule has 3 heterocycles. The van der Waals surface area contributed by atoms with Gasteiger partial charge < -0.3 is 14.7 Å². The Labute approximate surface area is 164 Å². The van der Waals surface area contributed by atoms with Crippen LogP contribution in [0.5, 0.6) is 0 Å². The van der Waals surface area contributed by atoms with Crippen LogP contribution in [0.2, 0.25) is 0 Å². The van der Waals surface area contributed by atoms with Gasteiger partial charge in [-0.3, -0.25) is 0 Å². The van der Waals surface area contributed by atoms with Crippen molar-refractivity contribution in [2.24, 2.45) is 0 Å².